The summed E-state index contributed by atoms with van der Waals surface area (Å²) in [5.41, 5.74) is 10.4. The van der Waals surface area contributed by atoms with Gasteiger partial charge in [0.2, 0.25) is 0 Å². The lowest BCUT2D eigenvalue weighted by molar-refractivity contribution is 0.0722. The van der Waals surface area contributed by atoms with Crippen LogP contribution >= 0.6 is 0 Å². The Labute approximate surface area is 175 Å². The van der Waals surface area contributed by atoms with Gasteiger partial charge in [-0.2, -0.15) is 15.5 Å². The number of ether oxygens (including phenoxy) is 1. The van der Waals surface area contributed by atoms with Crippen LogP contribution < -0.4 is 10.5 Å². The van der Waals surface area contributed by atoms with Crippen LogP contribution in [0.15, 0.2) is 24.7 Å². The molecular formula is C22H27N7O. The van der Waals surface area contributed by atoms with E-state index in [0.717, 1.165) is 55.6 Å². The third kappa shape index (κ3) is 3.06. The quantitative estimate of drug-likeness (QED) is 0.716. The Kier molecular flexibility index (Phi) is 4.72. The predicted molar refractivity (Wildman–Crippen MR) is 113 cm³/mol. The van der Waals surface area contributed by atoms with Gasteiger partial charge in [0.1, 0.15) is 22.9 Å². The van der Waals surface area contributed by atoms with Gasteiger partial charge in [-0.05, 0) is 38.7 Å². The second-order valence-electron chi connectivity index (χ2n) is 8.50. The van der Waals surface area contributed by atoms with Crippen molar-refractivity contribution in [2.75, 3.05) is 20.2 Å². The molecule has 0 amide bonds. The summed E-state index contributed by atoms with van der Waals surface area (Å²) in [7, 11) is 1.62. The molecular weight excluding hydrogens is 378 g/mol. The number of nitriles is 1. The molecule has 3 aromatic heterocycles. The molecule has 0 bridgehead atoms. The molecule has 156 valence electrons. The summed E-state index contributed by atoms with van der Waals surface area (Å²) < 4.78 is 9.45. The standard InChI is InChI=1S/C22H27N7O/c1-14-20(15-7-21(30-2)22-16(10-23)11-25-28(22)13-15)12-26-29(14)18-3-5-27(6-4-18)19-8-17(24)9-19/h7,11-13,17-19H,3-6,8-9,24H2,1-2H3. The van der Waals surface area contributed by atoms with E-state index >= 15 is 0 Å². The van der Waals surface area contributed by atoms with Crippen molar-refractivity contribution in [3.63, 3.8) is 0 Å². The van der Waals surface area contributed by atoms with E-state index in [1.807, 2.05) is 18.5 Å². The zero-order valence-corrected chi connectivity index (χ0v) is 17.5. The molecule has 2 aliphatic rings. The van der Waals surface area contributed by atoms with Crippen molar-refractivity contribution >= 4 is 5.52 Å². The molecule has 0 unspecified atom stereocenters. The summed E-state index contributed by atoms with van der Waals surface area (Å²) in [6, 6.07) is 5.64. The van der Waals surface area contributed by atoms with Crippen LogP contribution in [0, 0.1) is 18.3 Å². The Hall–Kier alpha value is -2.89. The number of piperidine rings is 1. The molecule has 0 aromatic carbocycles. The second-order valence-corrected chi connectivity index (χ2v) is 8.50. The fourth-order valence-corrected chi connectivity index (χ4v) is 4.97. The minimum atomic E-state index is 0.400. The van der Waals surface area contributed by atoms with Gasteiger partial charge in [0.25, 0.3) is 0 Å². The summed E-state index contributed by atoms with van der Waals surface area (Å²) in [6.45, 7) is 4.35. The number of aromatic nitrogens is 4. The van der Waals surface area contributed by atoms with Crippen LogP contribution in [-0.2, 0) is 0 Å². The van der Waals surface area contributed by atoms with E-state index in [9.17, 15) is 5.26 Å². The van der Waals surface area contributed by atoms with E-state index in [4.69, 9.17) is 15.6 Å². The first-order valence-corrected chi connectivity index (χ1v) is 10.6. The molecule has 2 fully saturated rings. The average Bonchev–Trinajstić information content (AvgIpc) is 3.34. The number of rotatable bonds is 4. The smallest absolute Gasteiger partial charge is 0.146 e. The van der Waals surface area contributed by atoms with Crippen molar-refractivity contribution in [3.05, 3.63) is 35.9 Å². The molecule has 5 rings (SSSR count). The molecule has 30 heavy (non-hydrogen) atoms. The van der Waals surface area contributed by atoms with Gasteiger partial charge in [-0.25, -0.2) is 4.52 Å². The Bertz CT molecular complexity index is 1110. The number of nitrogens with zero attached hydrogens (tertiary/aromatic N) is 6. The molecule has 1 aliphatic heterocycles. The van der Waals surface area contributed by atoms with E-state index < -0.39 is 0 Å². The van der Waals surface area contributed by atoms with Gasteiger partial charge in [0, 0.05) is 48.2 Å². The molecule has 3 aromatic rings. The number of hydrogen-bond acceptors (Lipinski definition) is 6. The number of pyridine rings is 1. The van der Waals surface area contributed by atoms with E-state index in [1.165, 1.54) is 0 Å². The van der Waals surface area contributed by atoms with Gasteiger partial charge in [0.15, 0.2) is 0 Å². The van der Waals surface area contributed by atoms with Gasteiger partial charge < -0.3 is 15.4 Å². The zero-order chi connectivity index (χ0) is 20.8. The lowest BCUT2D eigenvalue weighted by Crippen LogP contribution is -2.52. The molecule has 0 atom stereocenters. The summed E-state index contributed by atoms with van der Waals surface area (Å²) >= 11 is 0. The topological polar surface area (TPSA) is 97.4 Å². The highest BCUT2D eigenvalue weighted by Gasteiger charge is 2.34. The van der Waals surface area contributed by atoms with Crippen molar-refractivity contribution in [2.45, 2.75) is 50.7 Å². The van der Waals surface area contributed by atoms with Gasteiger partial charge in [0.05, 0.1) is 25.5 Å². The van der Waals surface area contributed by atoms with Crippen LogP contribution in [0.5, 0.6) is 5.75 Å². The molecule has 1 saturated carbocycles. The van der Waals surface area contributed by atoms with Gasteiger partial charge >= 0.3 is 0 Å². The molecule has 0 spiro atoms. The Morgan fingerprint density at radius 1 is 1.17 bits per heavy atom. The van der Waals surface area contributed by atoms with Crippen LogP contribution in [0.25, 0.3) is 16.6 Å². The highest BCUT2D eigenvalue weighted by molar-refractivity contribution is 5.75. The van der Waals surface area contributed by atoms with Crippen LogP contribution in [0.1, 0.15) is 43.0 Å². The second kappa shape index (κ2) is 7.42. The van der Waals surface area contributed by atoms with Crippen molar-refractivity contribution < 1.29 is 4.74 Å². The van der Waals surface area contributed by atoms with Crippen molar-refractivity contribution in [2.24, 2.45) is 5.73 Å². The van der Waals surface area contributed by atoms with E-state index in [2.05, 4.69) is 27.7 Å². The van der Waals surface area contributed by atoms with E-state index in [1.54, 1.807) is 17.8 Å². The van der Waals surface area contributed by atoms with Crippen molar-refractivity contribution in [1.82, 2.24) is 24.3 Å². The highest BCUT2D eigenvalue weighted by Crippen LogP contribution is 2.34. The Balaban J connectivity index is 1.39. The SMILES string of the molecule is COc1cc(-c2cnn(C3CCN(C4CC(N)C4)CC3)c2C)cn2ncc(C#N)c12. The summed E-state index contributed by atoms with van der Waals surface area (Å²) in [6.07, 6.45) is 9.95. The van der Waals surface area contributed by atoms with Gasteiger partial charge in [-0.3, -0.25) is 4.68 Å². The van der Waals surface area contributed by atoms with E-state index in [-0.39, 0.29) is 0 Å². The molecule has 4 heterocycles. The maximum Gasteiger partial charge on any atom is 0.146 e. The minimum Gasteiger partial charge on any atom is -0.494 e. The first-order valence-electron chi connectivity index (χ1n) is 10.6. The summed E-state index contributed by atoms with van der Waals surface area (Å²) in [5.74, 6) is 0.640. The van der Waals surface area contributed by atoms with Crippen LogP contribution in [0.2, 0.25) is 0 Å². The minimum absolute atomic E-state index is 0.400. The first-order chi connectivity index (χ1) is 14.6. The van der Waals surface area contributed by atoms with E-state index in [0.29, 0.717) is 35.0 Å². The molecule has 0 radical (unpaired) electrons. The molecule has 8 heteroatoms. The summed E-state index contributed by atoms with van der Waals surface area (Å²) in [5, 5.41) is 18.4. The zero-order valence-electron chi connectivity index (χ0n) is 17.5. The normalized spacial score (nSPS) is 22.7. The van der Waals surface area contributed by atoms with Crippen molar-refractivity contribution in [3.8, 4) is 22.9 Å². The lowest BCUT2D eigenvalue weighted by atomic mass is 9.85. The number of methoxy groups -OCH3 is 1. The fourth-order valence-electron chi connectivity index (χ4n) is 4.97. The number of likely N-dealkylation sites (tertiary alicyclic amines) is 1. The molecule has 1 saturated heterocycles. The van der Waals surface area contributed by atoms with Gasteiger partial charge in [-0.1, -0.05) is 0 Å². The summed E-state index contributed by atoms with van der Waals surface area (Å²) in [4.78, 5) is 2.60. The maximum absolute atomic E-state index is 9.33. The molecule has 1 aliphatic carbocycles. The van der Waals surface area contributed by atoms with Crippen LogP contribution in [-0.4, -0.2) is 56.6 Å². The predicted octanol–water partition coefficient (Wildman–Crippen LogP) is 2.51. The molecule has 2 N–H and O–H groups in total. The van der Waals surface area contributed by atoms with Crippen molar-refractivity contribution in [1.29, 1.82) is 5.26 Å². The van der Waals surface area contributed by atoms with Crippen LogP contribution in [0.3, 0.4) is 0 Å². The largest absolute Gasteiger partial charge is 0.494 e. The Morgan fingerprint density at radius 2 is 1.93 bits per heavy atom. The monoisotopic (exact) mass is 405 g/mol. The average molecular weight is 406 g/mol. The third-order valence-electron chi connectivity index (χ3n) is 6.78. The maximum atomic E-state index is 9.33. The number of nitrogens with two attached hydrogens (primary N) is 1. The molecule has 8 nitrogen and oxygen atoms in total. The fraction of sp³-hybridized carbons (Fsp3) is 0.500. The van der Waals surface area contributed by atoms with Gasteiger partial charge in [-0.15, -0.1) is 0 Å². The number of hydrogen-bond donors (Lipinski definition) is 1. The third-order valence-corrected chi connectivity index (χ3v) is 6.78. The van der Waals surface area contributed by atoms with Crippen LogP contribution in [0.4, 0.5) is 0 Å². The first kappa shape index (κ1) is 19.1. The lowest BCUT2D eigenvalue weighted by Gasteiger charge is -2.44. The highest BCUT2D eigenvalue weighted by atomic mass is 16.5. The Morgan fingerprint density at radius 3 is 2.60 bits per heavy atom. The number of fused-ring (bicyclic) bond motifs is 1.